The van der Waals surface area contributed by atoms with Crippen LogP contribution in [0.15, 0.2) is 12.1 Å². The Morgan fingerprint density at radius 3 is 2.58 bits per heavy atom. The van der Waals surface area contributed by atoms with Crippen LogP contribution in [0.25, 0.3) is 0 Å². The van der Waals surface area contributed by atoms with Crippen LogP contribution in [0, 0.1) is 25.2 Å². The van der Waals surface area contributed by atoms with Crippen molar-refractivity contribution in [3.63, 3.8) is 0 Å². The average Bonchev–Trinajstić information content (AvgIpc) is 3.19. The molecule has 2 N–H and O–H groups in total. The van der Waals surface area contributed by atoms with Gasteiger partial charge in [0, 0.05) is 12.6 Å². The van der Waals surface area contributed by atoms with Gasteiger partial charge >= 0.3 is 0 Å². The highest BCUT2D eigenvalue weighted by Gasteiger charge is 2.21. The summed E-state index contributed by atoms with van der Waals surface area (Å²) >= 11 is 0. The van der Waals surface area contributed by atoms with Crippen LogP contribution in [0.3, 0.4) is 0 Å². The number of hydrogen-bond acceptors (Lipinski definition) is 4. The van der Waals surface area contributed by atoms with Crippen LogP contribution >= 0.6 is 0 Å². The number of nitriles is 1. The number of benzene rings is 1. The molecule has 0 amide bonds. The molecule has 4 nitrogen and oxygen atoms in total. The summed E-state index contributed by atoms with van der Waals surface area (Å²) in [6, 6.07) is 6.32. The fourth-order valence-electron chi connectivity index (χ4n) is 2.07. The maximum absolute atomic E-state index is 9.83. The van der Waals surface area contributed by atoms with Crippen molar-refractivity contribution in [3.05, 3.63) is 28.8 Å². The number of rotatable bonds is 6. The van der Waals surface area contributed by atoms with Gasteiger partial charge in [-0.3, -0.25) is 0 Å². The zero-order chi connectivity index (χ0) is 13.8. The number of nitrogens with one attached hydrogen (secondary N) is 1. The van der Waals surface area contributed by atoms with Gasteiger partial charge in [0.25, 0.3) is 0 Å². The number of aliphatic hydroxyl groups excluding tert-OH is 1. The van der Waals surface area contributed by atoms with Crippen LogP contribution in [0.2, 0.25) is 0 Å². The zero-order valence-electron chi connectivity index (χ0n) is 11.4. The minimum absolute atomic E-state index is 0.271. The molecule has 1 aromatic rings. The van der Waals surface area contributed by atoms with Crippen molar-refractivity contribution < 1.29 is 9.84 Å². The molecule has 102 valence electrons. The van der Waals surface area contributed by atoms with Gasteiger partial charge in [0.2, 0.25) is 0 Å². The zero-order valence-corrected chi connectivity index (χ0v) is 11.4. The summed E-state index contributed by atoms with van der Waals surface area (Å²) in [5.41, 5.74) is 2.50. The fraction of sp³-hybridized carbons (Fsp3) is 0.533. The summed E-state index contributed by atoms with van der Waals surface area (Å²) in [4.78, 5) is 0. The second kappa shape index (κ2) is 6.05. The summed E-state index contributed by atoms with van der Waals surface area (Å²) in [5, 5.41) is 22.0. The van der Waals surface area contributed by atoms with Crippen LogP contribution < -0.4 is 10.1 Å². The highest BCUT2D eigenvalue weighted by molar-refractivity contribution is 5.47. The molecule has 19 heavy (non-hydrogen) atoms. The van der Waals surface area contributed by atoms with Crippen molar-refractivity contribution in [1.82, 2.24) is 5.32 Å². The maximum atomic E-state index is 9.83. The molecule has 0 aromatic heterocycles. The van der Waals surface area contributed by atoms with Gasteiger partial charge in [-0.2, -0.15) is 5.26 Å². The first-order chi connectivity index (χ1) is 9.10. The molecular formula is C15H20N2O2. The van der Waals surface area contributed by atoms with Crippen molar-refractivity contribution in [2.24, 2.45) is 0 Å². The molecule has 1 aromatic carbocycles. The molecule has 2 rings (SSSR count). The first-order valence-electron chi connectivity index (χ1n) is 6.65. The number of hydrogen-bond donors (Lipinski definition) is 2. The lowest BCUT2D eigenvalue weighted by Crippen LogP contribution is -2.32. The van der Waals surface area contributed by atoms with Crippen LogP contribution in [0.4, 0.5) is 0 Å². The fourth-order valence-corrected chi connectivity index (χ4v) is 2.07. The Bertz CT molecular complexity index is 466. The predicted molar refractivity (Wildman–Crippen MR) is 73.2 cm³/mol. The summed E-state index contributed by atoms with van der Waals surface area (Å²) in [6.07, 6.45) is 1.91. The molecule has 1 unspecified atom stereocenters. The predicted octanol–water partition coefficient (Wildman–Crippen LogP) is 1.67. The van der Waals surface area contributed by atoms with Crippen molar-refractivity contribution in [2.75, 3.05) is 13.2 Å². The van der Waals surface area contributed by atoms with E-state index < -0.39 is 6.10 Å². The molecule has 0 heterocycles. The van der Waals surface area contributed by atoms with E-state index in [1.54, 1.807) is 12.1 Å². The van der Waals surface area contributed by atoms with Gasteiger partial charge in [0.1, 0.15) is 18.5 Å². The van der Waals surface area contributed by atoms with Gasteiger partial charge in [-0.1, -0.05) is 0 Å². The Balaban J connectivity index is 1.89. The normalized spacial score (nSPS) is 15.9. The highest BCUT2D eigenvalue weighted by Crippen LogP contribution is 2.24. The molecule has 0 radical (unpaired) electrons. The van der Waals surface area contributed by atoms with Gasteiger partial charge in [0.15, 0.2) is 0 Å². The van der Waals surface area contributed by atoms with E-state index in [0.717, 1.165) is 16.9 Å². The van der Waals surface area contributed by atoms with Crippen LogP contribution in [-0.2, 0) is 0 Å². The Morgan fingerprint density at radius 1 is 1.42 bits per heavy atom. The second-order valence-electron chi connectivity index (χ2n) is 5.20. The van der Waals surface area contributed by atoms with Crippen molar-refractivity contribution in [2.45, 2.75) is 38.8 Å². The van der Waals surface area contributed by atoms with E-state index in [4.69, 9.17) is 10.00 Å². The third kappa shape index (κ3) is 3.95. The van der Waals surface area contributed by atoms with E-state index in [1.807, 2.05) is 13.8 Å². The lowest BCUT2D eigenvalue weighted by molar-refractivity contribution is 0.105. The third-order valence-corrected chi connectivity index (χ3v) is 3.23. The lowest BCUT2D eigenvalue weighted by Gasteiger charge is -2.16. The standard InChI is InChI=1S/C15H20N2O2/c1-10-5-12(7-16)6-11(2)15(10)19-9-14(18)8-17-13-3-4-13/h5-6,13-14,17-18H,3-4,8-9H2,1-2H3. The monoisotopic (exact) mass is 260 g/mol. The Kier molecular flexibility index (Phi) is 4.41. The minimum atomic E-state index is -0.505. The Morgan fingerprint density at radius 2 is 2.05 bits per heavy atom. The molecule has 1 atom stereocenters. The molecule has 0 spiro atoms. The van der Waals surface area contributed by atoms with E-state index in [0.29, 0.717) is 18.2 Å². The molecule has 0 aliphatic heterocycles. The summed E-state index contributed by atoms with van der Waals surface area (Å²) in [6.45, 7) is 4.67. The molecule has 0 saturated heterocycles. The molecular weight excluding hydrogens is 240 g/mol. The number of aryl methyl sites for hydroxylation is 2. The van der Waals surface area contributed by atoms with Crippen LogP contribution in [0.1, 0.15) is 29.5 Å². The van der Waals surface area contributed by atoms with Crippen molar-refractivity contribution in [1.29, 1.82) is 5.26 Å². The smallest absolute Gasteiger partial charge is 0.125 e. The summed E-state index contributed by atoms with van der Waals surface area (Å²) < 4.78 is 5.68. The van der Waals surface area contributed by atoms with E-state index in [1.165, 1.54) is 12.8 Å². The van der Waals surface area contributed by atoms with E-state index in [2.05, 4.69) is 11.4 Å². The van der Waals surface area contributed by atoms with Crippen molar-refractivity contribution in [3.8, 4) is 11.8 Å². The summed E-state index contributed by atoms with van der Waals surface area (Å²) in [5.74, 6) is 0.768. The van der Waals surface area contributed by atoms with E-state index in [9.17, 15) is 5.11 Å². The largest absolute Gasteiger partial charge is 0.490 e. The molecule has 1 fully saturated rings. The molecule has 1 aliphatic carbocycles. The lowest BCUT2D eigenvalue weighted by atomic mass is 10.1. The van der Waals surface area contributed by atoms with Crippen LogP contribution in [0.5, 0.6) is 5.75 Å². The molecule has 1 saturated carbocycles. The van der Waals surface area contributed by atoms with Crippen LogP contribution in [-0.4, -0.2) is 30.4 Å². The van der Waals surface area contributed by atoms with E-state index >= 15 is 0 Å². The van der Waals surface area contributed by atoms with Gasteiger partial charge < -0.3 is 15.2 Å². The Labute approximate surface area is 114 Å². The second-order valence-corrected chi connectivity index (χ2v) is 5.20. The summed E-state index contributed by atoms with van der Waals surface area (Å²) in [7, 11) is 0. The SMILES string of the molecule is Cc1cc(C#N)cc(C)c1OCC(O)CNC1CC1. The quantitative estimate of drug-likeness (QED) is 0.816. The van der Waals surface area contributed by atoms with E-state index in [-0.39, 0.29) is 6.61 Å². The first-order valence-corrected chi connectivity index (χ1v) is 6.65. The van der Waals surface area contributed by atoms with Gasteiger partial charge in [-0.15, -0.1) is 0 Å². The van der Waals surface area contributed by atoms with Gasteiger partial charge in [0.05, 0.1) is 11.6 Å². The van der Waals surface area contributed by atoms with Gasteiger partial charge in [-0.25, -0.2) is 0 Å². The Hall–Kier alpha value is -1.57. The number of aliphatic hydroxyl groups is 1. The molecule has 0 bridgehead atoms. The number of nitrogens with zero attached hydrogens (tertiary/aromatic N) is 1. The topological polar surface area (TPSA) is 65.3 Å². The molecule has 1 aliphatic rings. The minimum Gasteiger partial charge on any atom is -0.490 e. The third-order valence-electron chi connectivity index (χ3n) is 3.23. The highest BCUT2D eigenvalue weighted by atomic mass is 16.5. The van der Waals surface area contributed by atoms with Crippen molar-refractivity contribution >= 4 is 0 Å². The molecule has 4 heteroatoms. The van der Waals surface area contributed by atoms with Gasteiger partial charge in [-0.05, 0) is 49.9 Å². The average molecular weight is 260 g/mol. The maximum Gasteiger partial charge on any atom is 0.125 e. The first kappa shape index (κ1) is 13.9. The number of ether oxygens (including phenoxy) is 1.